The molecule has 0 aliphatic carbocycles. The van der Waals surface area contributed by atoms with Crippen LogP contribution in [0.1, 0.15) is 317 Å². The number of aliphatic hydroxyl groups is 6. The number of nitrogens with one attached hydrogen (secondary N) is 2. The summed E-state index contributed by atoms with van der Waals surface area (Å²) in [5.41, 5.74) is 0. The minimum Gasteiger partial charge on any atom is -0.462 e. The Morgan fingerprint density at radius 3 is 1.31 bits per heavy atom. The highest BCUT2D eigenvalue weighted by atomic mass is 31.2. The molecule has 2 saturated heterocycles. The first-order valence-corrected chi connectivity index (χ1v) is 37.6. The number of rotatable bonds is 58. The molecule has 10 N–H and O–H groups in total. The molecule has 2 aliphatic rings. The molecule has 90 heavy (non-hydrogen) atoms. The van der Waals surface area contributed by atoms with Gasteiger partial charge >= 0.3 is 19.8 Å². The van der Waals surface area contributed by atoms with E-state index in [0.717, 1.165) is 128 Å². The van der Waals surface area contributed by atoms with E-state index in [1.165, 1.54) is 89.9 Å². The van der Waals surface area contributed by atoms with Gasteiger partial charge in [0.15, 0.2) is 18.7 Å². The standard InChI is InChI=1S/C68H129N2O19P/c1-5-9-13-17-21-25-26-30-34-38-42-46-59(76)85-54(45-41-37-33-29-24-20-16-12-8-4)49-58(75)70-62-66(88-60(77)48-53(73)44-40-36-32-28-23-19-15-11-7-3)65(89-90(81,82)83)55(50-71)87-68(62)84-51-56-63(78)64(79)61(67(80)86-56)69-57(74)47-52(72)43-39-35-31-27-22-18-14-10-6-2/h52-56,61-68,71-73,78-80H,5-51H2,1-4H3,(H,69,74)(H,70,75)(H2,81,82,83)/t52-,53-,54-,55?,56?,61?,62?,63-,64-,65-,66-,67+,68-/m1/s1. The molecule has 21 nitrogen and oxygen atoms in total. The summed E-state index contributed by atoms with van der Waals surface area (Å²) in [5.74, 6) is -2.98. The number of aliphatic hydroxyl groups excluding tert-OH is 6. The fourth-order valence-electron chi connectivity index (χ4n) is 12.2. The largest absolute Gasteiger partial charge is 0.470 e. The molecule has 0 saturated carbocycles. The molecule has 4 unspecified atom stereocenters. The van der Waals surface area contributed by atoms with Gasteiger partial charge in [0.2, 0.25) is 11.8 Å². The summed E-state index contributed by atoms with van der Waals surface area (Å²) in [6.07, 6.45) is 22.7. The Hall–Kier alpha value is -2.37. The first kappa shape index (κ1) is 83.7. The van der Waals surface area contributed by atoms with Crippen molar-refractivity contribution in [3.8, 4) is 0 Å². The number of hydrogen-bond donors (Lipinski definition) is 10. The number of phosphoric acid groups is 1. The summed E-state index contributed by atoms with van der Waals surface area (Å²) >= 11 is 0. The number of ether oxygens (including phenoxy) is 5. The number of hydrogen-bond acceptors (Lipinski definition) is 17. The summed E-state index contributed by atoms with van der Waals surface area (Å²) in [6, 6.07) is -3.26. The maximum atomic E-state index is 14.5. The van der Waals surface area contributed by atoms with Crippen molar-refractivity contribution in [3.05, 3.63) is 0 Å². The Kier molecular flexibility index (Phi) is 49.2. The van der Waals surface area contributed by atoms with Crippen LogP contribution in [0, 0.1) is 0 Å². The summed E-state index contributed by atoms with van der Waals surface area (Å²) in [5, 5.41) is 71.4. The van der Waals surface area contributed by atoms with Crippen LogP contribution in [0.5, 0.6) is 0 Å². The van der Waals surface area contributed by atoms with Crippen LogP contribution in [0.2, 0.25) is 0 Å². The van der Waals surface area contributed by atoms with Crippen molar-refractivity contribution >= 4 is 31.6 Å². The van der Waals surface area contributed by atoms with E-state index in [0.29, 0.717) is 38.5 Å². The van der Waals surface area contributed by atoms with Crippen molar-refractivity contribution in [2.45, 2.75) is 396 Å². The van der Waals surface area contributed by atoms with Gasteiger partial charge in [-0.15, -0.1) is 0 Å². The van der Waals surface area contributed by atoms with Crippen LogP contribution < -0.4 is 10.6 Å². The van der Waals surface area contributed by atoms with Crippen molar-refractivity contribution in [1.82, 2.24) is 10.6 Å². The lowest BCUT2D eigenvalue weighted by molar-refractivity contribution is -0.297. The van der Waals surface area contributed by atoms with Crippen molar-refractivity contribution in [2.75, 3.05) is 13.2 Å². The Labute approximate surface area is 542 Å². The smallest absolute Gasteiger partial charge is 0.462 e. The van der Waals surface area contributed by atoms with Crippen LogP contribution in [0.4, 0.5) is 0 Å². The van der Waals surface area contributed by atoms with Gasteiger partial charge in [0.25, 0.3) is 0 Å². The Balaban J connectivity index is 2.36. The second-order valence-electron chi connectivity index (χ2n) is 26.0. The van der Waals surface area contributed by atoms with Gasteiger partial charge in [-0.05, 0) is 32.1 Å². The van der Waals surface area contributed by atoms with E-state index in [9.17, 15) is 64.2 Å². The Morgan fingerprint density at radius 1 is 0.467 bits per heavy atom. The predicted molar refractivity (Wildman–Crippen MR) is 348 cm³/mol. The molecular weight excluding hydrogens is 1180 g/mol. The third-order valence-corrected chi connectivity index (χ3v) is 18.1. The SMILES string of the molecule is CCCCCCCCCCCCCC(=O)O[C@H](CCCCCCCCCCC)CC(=O)NC1[C@H](OCC2O[C@H](O)C(NC(=O)C[C@H](O)CCCCCCCCCCC)[C@@H](O)[C@@H]2O)OC(CO)[C@@H](OP(=O)(O)O)[C@@H]1OC(=O)C[C@H](O)CCCCCCCCCCC. The molecule has 22 heteroatoms. The van der Waals surface area contributed by atoms with Crippen LogP contribution in [0.3, 0.4) is 0 Å². The molecule has 2 rings (SSSR count). The highest BCUT2D eigenvalue weighted by Crippen LogP contribution is 2.42. The highest BCUT2D eigenvalue weighted by Gasteiger charge is 2.53. The van der Waals surface area contributed by atoms with E-state index in [2.05, 4.69) is 38.3 Å². The van der Waals surface area contributed by atoms with Crippen molar-refractivity contribution in [2.24, 2.45) is 0 Å². The maximum absolute atomic E-state index is 14.5. The quantitative estimate of drug-likeness (QED) is 0.0154. The van der Waals surface area contributed by atoms with Crippen LogP contribution in [-0.2, 0) is 52.0 Å². The predicted octanol–water partition coefficient (Wildman–Crippen LogP) is 11.8. The minimum absolute atomic E-state index is 0.153. The molecule has 0 bridgehead atoms. The second kappa shape index (κ2) is 52.9. The van der Waals surface area contributed by atoms with E-state index >= 15 is 0 Å². The molecule has 2 aliphatic heterocycles. The molecule has 2 fully saturated rings. The number of carbonyl (C=O) groups is 4. The van der Waals surface area contributed by atoms with Gasteiger partial charge in [0.05, 0.1) is 44.7 Å². The van der Waals surface area contributed by atoms with E-state index in [1.807, 2.05) is 0 Å². The molecule has 530 valence electrons. The van der Waals surface area contributed by atoms with Crippen molar-refractivity contribution in [1.29, 1.82) is 0 Å². The minimum atomic E-state index is -5.49. The molecule has 2 amide bonds. The summed E-state index contributed by atoms with van der Waals surface area (Å²) in [4.78, 5) is 75.4. The number of esters is 2. The van der Waals surface area contributed by atoms with Gasteiger partial charge < -0.3 is 74.7 Å². The topological polar surface area (TPSA) is 327 Å². The van der Waals surface area contributed by atoms with E-state index in [4.69, 9.17) is 28.2 Å². The maximum Gasteiger partial charge on any atom is 0.470 e. The van der Waals surface area contributed by atoms with E-state index in [1.54, 1.807) is 0 Å². The lowest BCUT2D eigenvalue weighted by atomic mass is 9.95. The van der Waals surface area contributed by atoms with E-state index < -0.39 is 137 Å². The van der Waals surface area contributed by atoms with Gasteiger partial charge in [-0.2, -0.15) is 0 Å². The molecule has 2 heterocycles. The average molecular weight is 1310 g/mol. The fraction of sp³-hybridized carbons (Fsp3) is 0.941. The summed E-state index contributed by atoms with van der Waals surface area (Å²) in [7, 11) is -5.49. The molecule has 0 aromatic rings. The van der Waals surface area contributed by atoms with Gasteiger partial charge in [0, 0.05) is 6.42 Å². The van der Waals surface area contributed by atoms with Crippen molar-refractivity contribution < 1.29 is 92.4 Å². The Morgan fingerprint density at radius 2 is 0.867 bits per heavy atom. The monoisotopic (exact) mass is 1310 g/mol. The molecule has 0 spiro atoms. The van der Waals surface area contributed by atoms with Gasteiger partial charge in [-0.1, -0.05) is 259 Å². The second-order valence-corrected chi connectivity index (χ2v) is 27.2. The third-order valence-electron chi connectivity index (χ3n) is 17.6. The number of amides is 2. The Bertz CT molecular complexity index is 1850. The molecule has 0 radical (unpaired) electrons. The first-order chi connectivity index (χ1) is 43.4. The van der Waals surface area contributed by atoms with Crippen molar-refractivity contribution in [3.63, 3.8) is 0 Å². The molecular formula is C68H129N2O19P. The molecule has 0 aromatic heterocycles. The zero-order valence-corrected chi connectivity index (χ0v) is 57.1. The fourth-order valence-corrected chi connectivity index (χ4v) is 12.7. The molecule has 13 atom stereocenters. The van der Waals surface area contributed by atoms with Crippen LogP contribution in [0.25, 0.3) is 0 Å². The first-order valence-electron chi connectivity index (χ1n) is 36.0. The molecule has 0 aromatic carbocycles. The van der Waals surface area contributed by atoms with Crippen LogP contribution in [-0.4, -0.2) is 157 Å². The summed E-state index contributed by atoms with van der Waals surface area (Å²) < 4.78 is 47.6. The van der Waals surface area contributed by atoms with E-state index in [-0.39, 0.29) is 19.3 Å². The number of carbonyl (C=O) groups excluding carboxylic acids is 4. The zero-order chi connectivity index (χ0) is 66.2. The van der Waals surface area contributed by atoms with Crippen LogP contribution >= 0.6 is 7.82 Å². The summed E-state index contributed by atoms with van der Waals surface area (Å²) in [6.45, 7) is 7.00. The number of phosphoric ester groups is 1. The zero-order valence-electron chi connectivity index (χ0n) is 56.3. The van der Waals surface area contributed by atoms with Gasteiger partial charge in [-0.3, -0.25) is 23.7 Å². The average Bonchev–Trinajstić information content (AvgIpc) is 0.885. The third kappa shape index (κ3) is 40.1. The number of unbranched alkanes of at least 4 members (excludes halogenated alkanes) is 34. The lowest BCUT2D eigenvalue weighted by Crippen LogP contribution is -2.67. The van der Waals surface area contributed by atoms with Gasteiger partial charge in [0.1, 0.15) is 48.7 Å². The van der Waals surface area contributed by atoms with Gasteiger partial charge in [-0.25, -0.2) is 4.57 Å². The highest BCUT2D eigenvalue weighted by molar-refractivity contribution is 7.46. The normalized spacial score (nSPS) is 23.1. The lowest BCUT2D eigenvalue weighted by Gasteiger charge is -2.46. The van der Waals surface area contributed by atoms with Crippen LogP contribution in [0.15, 0.2) is 0 Å².